The summed E-state index contributed by atoms with van der Waals surface area (Å²) in [6, 6.07) is 7.51. The third-order valence-electron chi connectivity index (χ3n) is 3.02. The van der Waals surface area contributed by atoms with E-state index in [-0.39, 0.29) is 11.4 Å². The lowest BCUT2D eigenvalue weighted by Gasteiger charge is -2.08. The number of nitrogens with two attached hydrogens (primary N) is 1. The van der Waals surface area contributed by atoms with Crippen LogP contribution in [-0.4, -0.2) is 18.6 Å². The Hall–Kier alpha value is -1.70. The van der Waals surface area contributed by atoms with Crippen molar-refractivity contribution < 1.29 is 8.42 Å². The summed E-state index contributed by atoms with van der Waals surface area (Å²) in [5.41, 5.74) is 8.40. The fourth-order valence-corrected chi connectivity index (χ4v) is 3.44. The topological polar surface area (TPSA) is 101 Å². The maximum atomic E-state index is 12.3. The maximum Gasteiger partial charge on any atom is 0.244 e. The minimum Gasteiger partial charge on any atom is -0.326 e. The minimum atomic E-state index is -3.57. The summed E-state index contributed by atoms with van der Waals surface area (Å²) in [4.78, 5) is 0.215. The Morgan fingerprint density at radius 2 is 2.00 bits per heavy atom. The zero-order valence-corrected chi connectivity index (χ0v) is 12.3. The molecular weight excluding hydrogens is 276 g/mol. The quantitative estimate of drug-likeness (QED) is 0.764. The second-order valence-electron chi connectivity index (χ2n) is 4.61. The molecule has 0 saturated heterocycles. The predicted octanol–water partition coefficient (Wildman–Crippen LogP) is 0.964. The molecule has 0 radical (unpaired) electrons. The van der Waals surface area contributed by atoms with Crippen molar-refractivity contribution in [3.8, 4) is 0 Å². The van der Waals surface area contributed by atoms with Gasteiger partial charge < -0.3 is 5.73 Å². The highest BCUT2D eigenvalue weighted by Crippen LogP contribution is 2.16. The van der Waals surface area contributed by atoms with Crippen LogP contribution in [0.1, 0.15) is 22.5 Å². The molecule has 0 fully saturated rings. The van der Waals surface area contributed by atoms with E-state index in [9.17, 15) is 8.42 Å². The molecule has 0 aliphatic rings. The molecule has 0 aliphatic carbocycles. The van der Waals surface area contributed by atoms with Crippen LogP contribution in [-0.2, 0) is 23.1 Å². The van der Waals surface area contributed by atoms with Crippen molar-refractivity contribution in [2.75, 3.05) is 0 Å². The van der Waals surface area contributed by atoms with Gasteiger partial charge in [-0.15, -0.1) is 0 Å². The molecule has 0 saturated carbocycles. The standard InChI is InChI=1S/C13H18N4O2S/c1-9-13(10(2)17-16-9)20(18,19)15-8-12-5-3-4-11(6-12)7-14/h3-6,15H,7-8,14H2,1-2H3,(H,16,17). The van der Waals surface area contributed by atoms with Gasteiger partial charge in [0.05, 0.1) is 11.4 Å². The smallest absolute Gasteiger partial charge is 0.244 e. The van der Waals surface area contributed by atoms with E-state index in [4.69, 9.17) is 5.73 Å². The molecule has 0 aliphatic heterocycles. The van der Waals surface area contributed by atoms with E-state index >= 15 is 0 Å². The van der Waals surface area contributed by atoms with Crippen LogP contribution in [0, 0.1) is 13.8 Å². The summed E-state index contributed by atoms with van der Waals surface area (Å²) in [5.74, 6) is 0. The van der Waals surface area contributed by atoms with Crippen molar-refractivity contribution in [2.24, 2.45) is 5.73 Å². The number of nitrogens with zero attached hydrogens (tertiary/aromatic N) is 1. The van der Waals surface area contributed by atoms with Crippen molar-refractivity contribution in [3.05, 3.63) is 46.8 Å². The van der Waals surface area contributed by atoms with Gasteiger partial charge in [-0.2, -0.15) is 5.10 Å². The SMILES string of the molecule is Cc1n[nH]c(C)c1S(=O)(=O)NCc1cccc(CN)c1. The molecule has 20 heavy (non-hydrogen) atoms. The Kier molecular flexibility index (Phi) is 4.22. The van der Waals surface area contributed by atoms with Gasteiger partial charge in [0.25, 0.3) is 0 Å². The third kappa shape index (κ3) is 3.06. The summed E-state index contributed by atoms with van der Waals surface area (Å²) in [6.07, 6.45) is 0. The molecule has 1 aromatic heterocycles. The van der Waals surface area contributed by atoms with Crippen LogP contribution in [0.4, 0.5) is 0 Å². The molecule has 6 nitrogen and oxygen atoms in total. The van der Waals surface area contributed by atoms with E-state index in [1.807, 2.05) is 24.3 Å². The highest BCUT2D eigenvalue weighted by atomic mass is 32.2. The average molecular weight is 294 g/mol. The van der Waals surface area contributed by atoms with E-state index in [1.165, 1.54) is 0 Å². The van der Waals surface area contributed by atoms with Crippen LogP contribution in [0.2, 0.25) is 0 Å². The molecule has 2 rings (SSSR count). The second-order valence-corrected chi connectivity index (χ2v) is 6.32. The van der Waals surface area contributed by atoms with Crippen LogP contribution in [0.25, 0.3) is 0 Å². The van der Waals surface area contributed by atoms with Gasteiger partial charge in [-0.25, -0.2) is 13.1 Å². The largest absolute Gasteiger partial charge is 0.326 e. The number of aromatic amines is 1. The summed E-state index contributed by atoms with van der Waals surface area (Å²) in [7, 11) is -3.57. The number of aromatic nitrogens is 2. The Morgan fingerprint density at radius 1 is 1.30 bits per heavy atom. The number of H-pyrrole nitrogens is 1. The molecule has 0 spiro atoms. The zero-order valence-electron chi connectivity index (χ0n) is 11.5. The van der Waals surface area contributed by atoms with Gasteiger partial charge in [0.1, 0.15) is 4.90 Å². The van der Waals surface area contributed by atoms with E-state index in [0.29, 0.717) is 17.9 Å². The second kappa shape index (κ2) is 5.74. The minimum absolute atomic E-state index is 0.215. The van der Waals surface area contributed by atoms with Gasteiger partial charge in [-0.3, -0.25) is 5.10 Å². The lowest BCUT2D eigenvalue weighted by molar-refractivity contribution is 0.580. The average Bonchev–Trinajstić information content (AvgIpc) is 2.77. The zero-order chi connectivity index (χ0) is 14.8. The normalized spacial score (nSPS) is 11.8. The molecule has 2 aromatic rings. The van der Waals surface area contributed by atoms with Crippen LogP contribution < -0.4 is 10.5 Å². The van der Waals surface area contributed by atoms with Crippen molar-refractivity contribution in [1.82, 2.24) is 14.9 Å². The first-order valence-corrected chi connectivity index (χ1v) is 7.71. The first-order valence-electron chi connectivity index (χ1n) is 6.23. The first kappa shape index (κ1) is 14.7. The predicted molar refractivity (Wildman–Crippen MR) is 76.4 cm³/mol. The molecule has 0 amide bonds. The van der Waals surface area contributed by atoms with E-state index in [1.54, 1.807) is 13.8 Å². The molecule has 1 heterocycles. The Labute approximate surface area is 118 Å². The van der Waals surface area contributed by atoms with Crippen LogP contribution in [0.15, 0.2) is 29.2 Å². The van der Waals surface area contributed by atoms with Crippen LogP contribution in [0.3, 0.4) is 0 Å². The number of hydrogen-bond acceptors (Lipinski definition) is 4. The van der Waals surface area contributed by atoms with E-state index < -0.39 is 10.0 Å². The highest BCUT2D eigenvalue weighted by Gasteiger charge is 2.21. The lowest BCUT2D eigenvalue weighted by atomic mass is 10.1. The van der Waals surface area contributed by atoms with Crippen molar-refractivity contribution in [1.29, 1.82) is 0 Å². The molecule has 7 heteroatoms. The van der Waals surface area contributed by atoms with Crippen molar-refractivity contribution in [3.63, 3.8) is 0 Å². The van der Waals surface area contributed by atoms with Gasteiger partial charge >= 0.3 is 0 Å². The Balaban J connectivity index is 2.17. The fraction of sp³-hybridized carbons (Fsp3) is 0.308. The van der Waals surface area contributed by atoms with Gasteiger partial charge in [0.15, 0.2) is 0 Å². The summed E-state index contributed by atoms with van der Waals surface area (Å²) in [5, 5.41) is 6.58. The molecule has 1 aromatic carbocycles. The van der Waals surface area contributed by atoms with E-state index in [2.05, 4.69) is 14.9 Å². The number of hydrogen-bond donors (Lipinski definition) is 3. The summed E-state index contributed by atoms with van der Waals surface area (Å²) < 4.78 is 27.1. The van der Waals surface area contributed by atoms with Gasteiger partial charge in [0, 0.05) is 13.1 Å². The van der Waals surface area contributed by atoms with Crippen LogP contribution in [0.5, 0.6) is 0 Å². The summed E-state index contributed by atoms with van der Waals surface area (Å²) >= 11 is 0. The molecule has 0 unspecified atom stereocenters. The number of aryl methyl sites for hydroxylation is 2. The Bertz CT molecular complexity index is 687. The van der Waals surface area contributed by atoms with Crippen molar-refractivity contribution in [2.45, 2.75) is 31.8 Å². The first-order chi connectivity index (χ1) is 9.44. The molecule has 0 bridgehead atoms. The van der Waals surface area contributed by atoms with Gasteiger partial charge in [0.2, 0.25) is 10.0 Å². The molecule has 108 valence electrons. The fourth-order valence-electron chi connectivity index (χ4n) is 2.05. The van der Waals surface area contributed by atoms with Crippen molar-refractivity contribution >= 4 is 10.0 Å². The third-order valence-corrected chi connectivity index (χ3v) is 4.69. The number of benzene rings is 1. The molecule has 4 N–H and O–H groups in total. The number of nitrogens with one attached hydrogen (secondary N) is 2. The number of rotatable bonds is 5. The van der Waals surface area contributed by atoms with Gasteiger partial charge in [-0.05, 0) is 25.0 Å². The van der Waals surface area contributed by atoms with E-state index in [0.717, 1.165) is 11.1 Å². The lowest BCUT2D eigenvalue weighted by Crippen LogP contribution is -2.24. The highest BCUT2D eigenvalue weighted by molar-refractivity contribution is 7.89. The monoisotopic (exact) mass is 294 g/mol. The number of sulfonamides is 1. The van der Waals surface area contributed by atoms with Gasteiger partial charge in [-0.1, -0.05) is 24.3 Å². The molecular formula is C13H18N4O2S. The molecule has 0 atom stereocenters. The summed E-state index contributed by atoms with van der Waals surface area (Å²) in [6.45, 7) is 4.00. The Morgan fingerprint density at radius 3 is 2.60 bits per heavy atom. The van der Waals surface area contributed by atoms with Crippen LogP contribution >= 0.6 is 0 Å². The maximum absolute atomic E-state index is 12.3.